The number of aryl methyl sites for hydroxylation is 2. The molecule has 3 nitrogen and oxygen atoms in total. The lowest BCUT2D eigenvalue weighted by Gasteiger charge is -2.16. The van der Waals surface area contributed by atoms with Crippen molar-refractivity contribution in [1.82, 2.24) is 10.6 Å². The molecule has 1 atom stereocenters. The summed E-state index contributed by atoms with van der Waals surface area (Å²) in [5.74, 6) is 1.90. The molecule has 0 bridgehead atoms. The lowest BCUT2D eigenvalue weighted by molar-refractivity contribution is -0.122. The Morgan fingerprint density at radius 3 is 2.50 bits per heavy atom. The molecule has 0 saturated carbocycles. The van der Waals surface area contributed by atoms with Gasteiger partial charge in [0.05, 0.1) is 6.04 Å². The number of thioether (sulfide) groups is 1. The van der Waals surface area contributed by atoms with E-state index in [0.29, 0.717) is 6.54 Å². The van der Waals surface area contributed by atoms with Crippen LogP contribution in [-0.2, 0) is 11.2 Å². The standard InChI is InChI=1S/C16H24N2OS/c1-10-7-11(2)13(4)14(12(10)3)5-6-17-16(19)15-8-20-9-18-15/h7,15,18H,5-6,8-9H2,1-4H3,(H,17,19). The Labute approximate surface area is 125 Å². The summed E-state index contributed by atoms with van der Waals surface area (Å²) in [7, 11) is 0. The van der Waals surface area contributed by atoms with Crippen molar-refractivity contribution in [2.75, 3.05) is 18.2 Å². The minimum atomic E-state index is -0.0126. The largest absolute Gasteiger partial charge is 0.354 e. The molecule has 1 heterocycles. The first-order chi connectivity index (χ1) is 9.50. The Hall–Kier alpha value is -1.00. The highest BCUT2D eigenvalue weighted by Crippen LogP contribution is 2.21. The van der Waals surface area contributed by atoms with E-state index in [2.05, 4.69) is 44.4 Å². The Balaban J connectivity index is 1.95. The lowest BCUT2D eigenvalue weighted by atomic mass is 9.92. The molecule has 1 unspecified atom stereocenters. The average molecular weight is 292 g/mol. The van der Waals surface area contributed by atoms with Gasteiger partial charge in [-0.15, -0.1) is 11.8 Å². The van der Waals surface area contributed by atoms with Crippen LogP contribution < -0.4 is 10.6 Å². The molecular weight excluding hydrogens is 268 g/mol. The quantitative estimate of drug-likeness (QED) is 0.894. The van der Waals surface area contributed by atoms with Gasteiger partial charge in [0.15, 0.2) is 0 Å². The van der Waals surface area contributed by atoms with E-state index >= 15 is 0 Å². The van der Waals surface area contributed by atoms with E-state index in [1.54, 1.807) is 11.8 Å². The van der Waals surface area contributed by atoms with Crippen molar-refractivity contribution >= 4 is 17.7 Å². The average Bonchev–Trinajstić information content (AvgIpc) is 2.94. The fourth-order valence-electron chi connectivity index (χ4n) is 2.67. The second kappa shape index (κ2) is 6.64. The predicted molar refractivity (Wildman–Crippen MR) is 86.4 cm³/mol. The van der Waals surface area contributed by atoms with Gasteiger partial charge in [-0.25, -0.2) is 0 Å². The first-order valence-corrected chi connectivity index (χ1v) is 8.31. The van der Waals surface area contributed by atoms with Gasteiger partial charge < -0.3 is 5.32 Å². The molecule has 0 spiro atoms. The minimum absolute atomic E-state index is 0.0126. The highest BCUT2D eigenvalue weighted by atomic mass is 32.2. The Kier molecular flexibility index (Phi) is 5.11. The number of hydrogen-bond donors (Lipinski definition) is 2. The third-order valence-corrected chi connectivity index (χ3v) is 5.17. The molecule has 1 aliphatic rings. The van der Waals surface area contributed by atoms with Crippen LogP contribution in [0.4, 0.5) is 0 Å². The Morgan fingerprint density at radius 2 is 1.95 bits per heavy atom. The predicted octanol–water partition coefficient (Wildman–Crippen LogP) is 2.24. The van der Waals surface area contributed by atoms with Gasteiger partial charge in [-0.1, -0.05) is 6.07 Å². The van der Waals surface area contributed by atoms with Crippen LogP contribution in [0.5, 0.6) is 0 Å². The fraction of sp³-hybridized carbons (Fsp3) is 0.562. The number of carbonyl (C=O) groups is 1. The van der Waals surface area contributed by atoms with Crippen LogP contribution in [0.25, 0.3) is 0 Å². The maximum absolute atomic E-state index is 12.0. The zero-order valence-corrected chi connectivity index (χ0v) is 13.6. The third kappa shape index (κ3) is 3.36. The van der Waals surface area contributed by atoms with E-state index in [0.717, 1.165) is 18.1 Å². The maximum Gasteiger partial charge on any atom is 0.238 e. The summed E-state index contributed by atoms with van der Waals surface area (Å²) in [4.78, 5) is 12.0. The van der Waals surface area contributed by atoms with Crippen molar-refractivity contribution < 1.29 is 4.79 Å². The normalized spacial score (nSPS) is 18.3. The van der Waals surface area contributed by atoms with E-state index in [1.807, 2.05) is 0 Å². The molecule has 0 aliphatic carbocycles. The van der Waals surface area contributed by atoms with E-state index in [1.165, 1.54) is 27.8 Å². The minimum Gasteiger partial charge on any atom is -0.354 e. The molecule has 20 heavy (non-hydrogen) atoms. The zero-order chi connectivity index (χ0) is 14.7. The highest BCUT2D eigenvalue weighted by molar-refractivity contribution is 7.99. The number of rotatable bonds is 4. The van der Waals surface area contributed by atoms with E-state index in [9.17, 15) is 4.79 Å². The van der Waals surface area contributed by atoms with Crippen LogP contribution in [0, 0.1) is 27.7 Å². The molecule has 1 saturated heterocycles. The van der Waals surface area contributed by atoms with Gasteiger partial charge in [0.25, 0.3) is 0 Å². The van der Waals surface area contributed by atoms with E-state index in [4.69, 9.17) is 0 Å². The first-order valence-electron chi connectivity index (χ1n) is 7.16. The SMILES string of the molecule is Cc1cc(C)c(C)c(CCNC(=O)C2CSCN2)c1C. The van der Waals surface area contributed by atoms with Crippen molar-refractivity contribution in [1.29, 1.82) is 0 Å². The van der Waals surface area contributed by atoms with Crippen LogP contribution in [0.15, 0.2) is 6.07 Å². The molecule has 2 rings (SSSR count). The highest BCUT2D eigenvalue weighted by Gasteiger charge is 2.21. The Bertz CT molecular complexity index is 481. The third-order valence-electron chi connectivity index (χ3n) is 4.23. The molecule has 1 aromatic carbocycles. The van der Waals surface area contributed by atoms with Crippen molar-refractivity contribution in [3.8, 4) is 0 Å². The summed E-state index contributed by atoms with van der Waals surface area (Å²) < 4.78 is 0. The molecule has 2 N–H and O–H groups in total. The summed E-state index contributed by atoms with van der Waals surface area (Å²) in [5.41, 5.74) is 6.77. The summed E-state index contributed by atoms with van der Waals surface area (Å²) in [5, 5.41) is 6.25. The summed E-state index contributed by atoms with van der Waals surface area (Å²) in [6.45, 7) is 9.38. The molecular formula is C16H24N2OS. The van der Waals surface area contributed by atoms with Crippen LogP contribution in [0.1, 0.15) is 27.8 Å². The summed E-state index contributed by atoms with van der Waals surface area (Å²) in [6, 6.07) is 2.23. The van der Waals surface area contributed by atoms with E-state index < -0.39 is 0 Å². The smallest absolute Gasteiger partial charge is 0.238 e. The van der Waals surface area contributed by atoms with Crippen molar-refractivity contribution in [3.05, 3.63) is 33.9 Å². The van der Waals surface area contributed by atoms with Crippen LogP contribution in [-0.4, -0.2) is 30.1 Å². The molecule has 0 aromatic heterocycles. The second-order valence-corrected chi connectivity index (χ2v) is 6.58. The molecule has 1 aliphatic heterocycles. The van der Waals surface area contributed by atoms with Gasteiger partial charge in [0, 0.05) is 18.2 Å². The van der Waals surface area contributed by atoms with Crippen molar-refractivity contribution in [3.63, 3.8) is 0 Å². The topological polar surface area (TPSA) is 41.1 Å². The molecule has 1 amide bonds. The first kappa shape index (κ1) is 15.4. The fourth-order valence-corrected chi connectivity index (χ4v) is 3.61. The Morgan fingerprint density at radius 1 is 1.30 bits per heavy atom. The van der Waals surface area contributed by atoms with E-state index in [-0.39, 0.29) is 11.9 Å². The summed E-state index contributed by atoms with van der Waals surface area (Å²) >= 11 is 1.78. The number of carbonyl (C=O) groups excluding carboxylic acids is 1. The van der Waals surface area contributed by atoms with Gasteiger partial charge in [-0.3, -0.25) is 10.1 Å². The van der Waals surface area contributed by atoms with Gasteiger partial charge in [0.2, 0.25) is 5.91 Å². The number of amides is 1. The number of hydrogen-bond acceptors (Lipinski definition) is 3. The van der Waals surface area contributed by atoms with Crippen molar-refractivity contribution in [2.24, 2.45) is 0 Å². The molecule has 1 aromatic rings. The molecule has 4 heteroatoms. The summed E-state index contributed by atoms with van der Waals surface area (Å²) in [6.07, 6.45) is 0.909. The second-order valence-electron chi connectivity index (χ2n) is 5.55. The van der Waals surface area contributed by atoms with Gasteiger partial charge in [-0.05, 0) is 61.9 Å². The lowest BCUT2D eigenvalue weighted by Crippen LogP contribution is -2.42. The van der Waals surface area contributed by atoms with Crippen LogP contribution in [0.2, 0.25) is 0 Å². The molecule has 110 valence electrons. The maximum atomic E-state index is 12.0. The van der Waals surface area contributed by atoms with Gasteiger partial charge >= 0.3 is 0 Å². The monoisotopic (exact) mass is 292 g/mol. The number of benzene rings is 1. The molecule has 0 radical (unpaired) electrons. The molecule has 1 fully saturated rings. The van der Waals surface area contributed by atoms with Gasteiger partial charge in [0.1, 0.15) is 0 Å². The van der Waals surface area contributed by atoms with Crippen LogP contribution >= 0.6 is 11.8 Å². The van der Waals surface area contributed by atoms with Crippen LogP contribution in [0.3, 0.4) is 0 Å². The zero-order valence-electron chi connectivity index (χ0n) is 12.8. The number of nitrogens with one attached hydrogen (secondary N) is 2. The van der Waals surface area contributed by atoms with Gasteiger partial charge in [-0.2, -0.15) is 0 Å². The van der Waals surface area contributed by atoms with Crippen molar-refractivity contribution in [2.45, 2.75) is 40.2 Å².